The summed E-state index contributed by atoms with van der Waals surface area (Å²) < 4.78 is 33.7. The molecule has 1 aromatic rings. The summed E-state index contributed by atoms with van der Waals surface area (Å²) in [4.78, 5) is 10.7. The highest BCUT2D eigenvalue weighted by Gasteiger charge is 2.44. The van der Waals surface area contributed by atoms with Crippen LogP contribution in [-0.4, -0.2) is 17.4 Å². The quantitative estimate of drug-likeness (QED) is 0.780. The monoisotopic (exact) mass is 216 g/mol. The van der Waals surface area contributed by atoms with Crippen LogP contribution in [0.3, 0.4) is 0 Å². The first-order valence-electron chi connectivity index (χ1n) is 4.03. The van der Waals surface area contributed by atoms with Gasteiger partial charge in [-0.05, 0) is 19.1 Å². The topological polar surface area (TPSA) is 55.8 Å². The third-order valence-electron chi connectivity index (χ3n) is 2.05. The number of ether oxygens (including phenoxy) is 2. The molecule has 0 unspecified atom stereocenters. The average Bonchev–Trinajstić information content (AvgIpc) is 2.40. The molecule has 0 saturated carbocycles. The molecule has 0 atom stereocenters. The SMILES string of the molecule is Cc1c(C(=O)O)ccc2c1OC(F)(F)O2. The van der Waals surface area contributed by atoms with Gasteiger partial charge < -0.3 is 14.6 Å². The van der Waals surface area contributed by atoms with Gasteiger partial charge in [0.05, 0.1) is 5.56 Å². The van der Waals surface area contributed by atoms with Crippen LogP contribution in [-0.2, 0) is 0 Å². The highest BCUT2D eigenvalue weighted by molar-refractivity contribution is 5.90. The van der Waals surface area contributed by atoms with E-state index < -0.39 is 12.3 Å². The Bertz CT molecular complexity index is 442. The fourth-order valence-electron chi connectivity index (χ4n) is 1.37. The van der Waals surface area contributed by atoms with Gasteiger partial charge >= 0.3 is 12.3 Å². The van der Waals surface area contributed by atoms with Crippen LogP contribution in [0.5, 0.6) is 11.5 Å². The van der Waals surface area contributed by atoms with Gasteiger partial charge in [-0.3, -0.25) is 0 Å². The molecule has 0 spiro atoms. The standard InChI is InChI=1S/C9H6F2O4/c1-4-5(8(12)13)2-3-6-7(4)15-9(10,11)14-6/h2-3H,1H3,(H,12,13). The van der Waals surface area contributed by atoms with Gasteiger partial charge in [0.1, 0.15) is 0 Å². The number of halogens is 2. The fraction of sp³-hybridized carbons (Fsp3) is 0.222. The van der Waals surface area contributed by atoms with Crippen LogP contribution in [0.2, 0.25) is 0 Å². The number of benzene rings is 1. The van der Waals surface area contributed by atoms with Crippen molar-refractivity contribution >= 4 is 5.97 Å². The molecule has 6 heteroatoms. The molecule has 0 fully saturated rings. The summed E-state index contributed by atoms with van der Waals surface area (Å²) in [5, 5.41) is 8.74. The Morgan fingerprint density at radius 3 is 2.67 bits per heavy atom. The van der Waals surface area contributed by atoms with Gasteiger partial charge in [-0.15, -0.1) is 8.78 Å². The predicted octanol–water partition coefficient (Wildman–Crippen LogP) is 2.01. The minimum absolute atomic E-state index is 0.0879. The third-order valence-corrected chi connectivity index (χ3v) is 2.05. The zero-order valence-corrected chi connectivity index (χ0v) is 7.58. The lowest BCUT2D eigenvalue weighted by molar-refractivity contribution is -0.286. The minimum atomic E-state index is -3.72. The Kier molecular flexibility index (Phi) is 1.82. The van der Waals surface area contributed by atoms with Crippen molar-refractivity contribution in [2.75, 3.05) is 0 Å². The largest absolute Gasteiger partial charge is 0.586 e. The number of aromatic carboxylic acids is 1. The lowest BCUT2D eigenvalue weighted by Gasteiger charge is -2.05. The molecule has 0 amide bonds. The van der Waals surface area contributed by atoms with E-state index in [0.29, 0.717) is 0 Å². The van der Waals surface area contributed by atoms with Crippen molar-refractivity contribution in [2.24, 2.45) is 0 Å². The number of rotatable bonds is 1. The third kappa shape index (κ3) is 1.47. The summed E-state index contributed by atoms with van der Waals surface area (Å²) in [6.07, 6.45) is -3.72. The number of hydrogen-bond donors (Lipinski definition) is 1. The molecule has 0 aliphatic carbocycles. The molecular formula is C9H6F2O4. The molecule has 0 bridgehead atoms. The second kappa shape index (κ2) is 2.82. The van der Waals surface area contributed by atoms with Crippen LogP contribution in [0.1, 0.15) is 15.9 Å². The van der Waals surface area contributed by atoms with Crippen molar-refractivity contribution < 1.29 is 28.2 Å². The first kappa shape index (κ1) is 9.70. The van der Waals surface area contributed by atoms with Crippen molar-refractivity contribution in [3.05, 3.63) is 23.3 Å². The zero-order chi connectivity index (χ0) is 11.2. The van der Waals surface area contributed by atoms with Gasteiger partial charge in [0.15, 0.2) is 11.5 Å². The van der Waals surface area contributed by atoms with E-state index in [4.69, 9.17) is 5.11 Å². The van der Waals surface area contributed by atoms with E-state index in [1.165, 1.54) is 13.0 Å². The Morgan fingerprint density at radius 1 is 1.40 bits per heavy atom. The van der Waals surface area contributed by atoms with Crippen LogP contribution in [0.25, 0.3) is 0 Å². The molecule has 80 valence electrons. The number of fused-ring (bicyclic) bond motifs is 1. The Balaban J connectivity index is 2.53. The highest BCUT2D eigenvalue weighted by Crippen LogP contribution is 2.44. The number of carbonyl (C=O) groups is 1. The summed E-state index contributed by atoms with van der Waals surface area (Å²) in [6.45, 7) is 1.38. The second-order valence-corrected chi connectivity index (χ2v) is 3.04. The van der Waals surface area contributed by atoms with Gasteiger partial charge in [-0.2, -0.15) is 0 Å². The predicted molar refractivity (Wildman–Crippen MR) is 44.3 cm³/mol. The molecule has 2 rings (SSSR count). The number of carboxylic acid groups (broad SMARTS) is 1. The van der Waals surface area contributed by atoms with Crippen molar-refractivity contribution in [3.63, 3.8) is 0 Å². The second-order valence-electron chi connectivity index (χ2n) is 3.04. The van der Waals surface area contributed by atoms with E-state index >= 15 is 0 Å². The Morgan fingerprint density at radius 2 is 2.07 bits per heavy atom. The first-order valence-corrected chi connectivity index (χ1v) is 4.03. The molecule has 0 saturated heterocycles. The van der Waals surface area contributed by atoms with Crippen molar-refractivity contribution in [3.8, 4) is 11.5 Å². The lowest BCUT2D eigenvalue weighted by Crippen LogP contribution is -2.26. The van der Waals surface area contributed by atoms with E-state index in [2.05, 4.69) is 9.47 Å². The lowest BCUT2D eigenvalue weighted by atomic mass is 10.1. The maximum Gasteiger partial charge on any atom is 0.586 e. The summed E-state index contributed by atoms with van der Waals surface area (Å²) in [5.41, 5.74) is 0.0345. The smallest absolute Gasteiger partial charge is 0.478 e. The molecule has 1 aromatic carbocycles. The summed E-state index contributed by atoms with van der Waals surface area (Å²) in [7, 11) is 0. The van der Waals surface area contributed by atoms with Gasteiger partial charge in [0.2, 0.25) is 0 Å². The van der Waals surface area contributed by atoms with Crippen molar-refractivity contribution in [2.45, 2.75) is 13.2 Å². The Labute approximate surface area is 83.0 Å². The molecule has 0 radical (unpaired) electrons. The highest BCUT2D eigenvalue weighted by atomic mass is 19.3. The molecule has 15 heavy (non-hydrogen) atoms. The minimum Gasteiger partial charge on any atom is -0.478 e. The number of carboxylic acids is 1. The van der Waals surface area contributed by atoms with E-state index in [-0.39, 0.29) is 22.6 Å². The van der Waals surface area contributed by atoms with Gasteiger partial charge in [-0.1, -0.05) is 0 Å². The maximum atomic E-state index is 12.7. The average molecular weight is 216 g/mol. The van der Waals surface area contributed by atoms with Gasteiger partial charge in [0, 0.05) is 5.56 Å². The maximum absolute atomic E-state index is 12.7. The zero-order valence-electron chi connectivity index (χ0n) is 7.58. The first-order chi connectivity index (χ1) is 6.91. The Hall–Kier alpha value is -1.85. The van der Waals surface area contributed by atoms with E-state index in [9.17, 15) is 13.6 Å². The van der Waals surface area contributed by atoms with Crippen LogP contribution < -0.4 is 9.47 Å². The molecule has 1 N–H and O–H groups in total. The van der Waals surface area contributed by atoms with E-state index in [1.54, 1.807) is 0 Å². The van der Waals surface area contributed by atoms with Crippen LogP contribution in [0.15, 0.2) is 12.1 Å². The molecule has 1 aliphatic heterocycles. The normalized spacial score (nSPS) is 16.5. The van der Waals surface area contributed by atoms with Gasteiger partial charge in [0.25, 0.3) is 0 Å². The fourth-order valence-corrected chi connectivity index (χ4v) is 1.37. The number of hydrogen-bond acceptors (Lipinski definition) is 3. The summed E-state index contributed by atoms with van der Waals surface area (Å²) >= 11 is 0. The molecule has 4 nitrogen and oxygen atoms in total. The van der Waals surface area contributed by atoms with Crippen molar-refractivity contribution in [1.29, 1.82) is 0 Å². The van der Waals surface area contributed by atoms with E-state index in [0.717, 1.165) is 6.07 Å². The number of alkyl halides is 2. The van der Waals surface area contributed by atoms with Gasteiger partial charge in [-0.25, -0.2) is 4.79 Å². The van der Waals surface area contributed by atoms with E-state index in [1.807, 2.05) is 0 Å². The van der Waals surface area contributed by atoms with Crippen molar-refractivity contribution in [1.82, 2.24) is 0 Å². The van der Waals surface area contributed by atoms with Crippen LogP contribution >= 0.6 is 0 Å². The molecule has 1 aliphatic rings. The molecule has 0 aromatic heterocycles. The van der Waals surface area contributed by atoms with Crippen LogP contribution in [0, 0.1) is 6.92 Å². The molecular weight excluding hydrogens is 210 g/mol. The molecule has 1 heterocycles. The summed E-state index contributed by atoms with van der Waals surface area (Å²) in [6, 6.07) is 2.34. The van der Waals surface area contributed by atoms with Crippen LogP contribution in [0.4, 0.5) is 8.78 Å². The summed E-state index contributed by atoms with van der Waals surface area (Å²) in [5.74, 6) is -1.57.